The van der Waals surface area contributed by atoms with Crippen molar-refractivity contribution >= 4 is 5.97 Å². The van der Waals surface area contributed by atoms with E-state index in [9.17, 15) is 4.79 Å². The summed E-state index contributed by atoms with van der Waals surface area (Å²) in [7, 11) is 0. The fourth-order valence-electron chi connectivity index (χ4n) is 5.33. The summed E-state index contributed by atoms with van der Waals surface area (Å²) in [6.07, 6.45) is 7.53. The zero-order valence-corrected chi connectivity index (χ0v) is 10.6. The van der Waals surface area contributed by atoms with E-state index in [0.717, 1.165) is 23.7 Å². The largest absolute Gasteiger partial charge is 0.478 e. The van der Waals surface area contributed by atoms with E-state index in [0.29, 0.717) is 12.0 Å². The van der Waals surface area contributed by atoms with Crippen LogP contribution >= 0.6 is 0 Å². The minimum absolute atomic E-state index is 0.228. The normalized spacial score (nSPS) is 47.1. The maximum Gasteiger partial charge on any atom is 0.330 e. The lowest BCUT2D eigenvalue weighted by atomic mass is 9.64. The second kappa shape index (κ2) is 3.60. The van der Waals surface area contributed by atoms with Crippen LogP contribution in [0.15, 0.2) is 12.2 Å². The molecular weight excluding hydrogens is 212 g/mol. The molecule has 0 radical (unpaired) electrons. The fraction of sp³-hybridized carbons (Fsp3) is 0.800. The van der Waals surface area contributed by atoms with Gasteiger partial charge in [0.1, 0.15) is 0 Å². The lowest BCUT2D eigenvalue weighted by Gasteiger charge is -2.40. The number of carboxylic acids is 1. The molecule has 0 amide bonds. The van der Waals surface area contributed by atoms with Crippen molar-refractivity contribution in [3.8, 4) is 0 Å². The number of hydrogen-bond acceptors (Lipinski definition) is 1. The zero-order valence-electron chi connectivity index (χ0n) is 10.6. The number of rotatable bonds is 3. The van der Waals surface area contributed by atoms with E-state index in [4.69, 9.17) is 5.11 Å². The van der Waals surface area contributed by atoms with Crippen LogP contribution in [-0.2, 0) is 4.79 Å². The average molecular weight is 234 g/mol. The van der Waals surface area contributed by atoms with Crippen molar-refractivity contribution in [1.82, 2.24) is 0 Å². The van der Waals surface area contributed by atoms with E-state index >= 15 is 0 Å². The lowest BCUT2D eigenvalue weighted by Crippen LogP contribution is -2.34. The van der Waals surface area contributed by atoms with E-state index in [2.05, 4.69) is 13.5 Å². The van der Waals surface area contributed by atoms with Gasteiger partial charge in [0.15, 0.2) is 0 Å². The highest BCUT2D eigenvalue weighted by molar-refractivity contribution is 5.85. The van der Waals surface area contributed by atoms with Gasteiger partial charge in [0.05, 0.1) is 0 Å². The topological polar surface area (TPSA) is 37.3 Å². The second-order valence-corrected chi connectivity index (χ2v) is 6.80. The predicted molar refractivity (Wildman–Crippen MR) is 66.5 cm³/mol. The monoisotopic (exact) mass is 234 g/mol. The summed E-state index contributed by atoms with van der Waals surface area (Å²) < 4.78 is 0. The SMILES string of the molecule is C=C(CC1(C)CC2CC1C1CCCC21)C(=O)O. The van der Waals surface area contributed by atoms with Crippen LogP contribution in [0.3, 0.4) is 0 Å². The number of aliphatic carboxylic acids is 1. The Morgan fingerprint density at radius 1 is 1.41 bits per heavy atom. The smallest absolute Gasteiger partial charge is 0.330 e. The maximum atomic E-state index is 11.0. The Morgan fingerprint density at radius 3 is 2.82 bits per heavy atom. The first-order valence-electron chi connectivity index (χ1n) is 6.92. The molecule has 3 aliphatic rings. The summed E-state index contributed by atoms with van der Waals surface area (Å²) in [5, 5.41) is 9.01. The Kier molecular flexibility index (Phi) is 2.39. The number of fused-ring (bicyclic) bond motifs is 5. The molecule has 3 rings (SSSR count). The summed E-state index contributed by atoms with van der Waals surface area (Å²) in [4.78, 5) is 11.0. The molecule has 94 valence electrons. The van der Waals surface area contributed by atoms with Crippen molar-refractivity contribution in [2.24, 2.45) is 29.1 Å². The Morgan fingerprint density at radius 2 is 2.12 bits per heavy atom. The molecule has 2 heteroatoms. The molecular formula is C15H22O2. The minimum atomic E-state index is -0.808. The van der Waals surface area contributed by atoms with Gasteiger partial charge in [-0.1, -0.05) is 19.9 Å². The average Bonchev–Trinajstić information content (AvgIpc) is 2.86. The second-order valence-electron chi connectivity index (χ2n) is 6.80. The van der Waals surface area contributed by atoms with Gasteiger partial charge in [0, 0.05) is 5.57 Å². The summed E-state index contributed by atoms with van der Waals surface area (Å²) in [6, 6.07) is 0. The summed E-state index contributed by atoms with van der Waals surface area (Å²) in [5.74, 6) is 2.73. The van der Waals surface area contributed by atoms with Crippen molar-refractivity contribution in [2.45, 2.75) is 45.4 Å². The third kappa shape index (κ3) is 1.56. The van der Waals surface area contributed by atoms with Crippen LogP contribution in [0.1, 0.15) is 45.4 Å². The Balaban J connectivity index is 1.77. The van der Waals surface area contributed by atoms with Crippen molar-refractivity contribution in [3.05, 3.63) is 12.2 Å². The Labute approximate surface area is 103 Å². The number of hydrogen-bond donors (Lipinski definition) is 1. The molecule has 0 aromatic rings. The maximum absolute atomic E-state index is 11.0. The molecule has 3 fully saturated rings. The highest BCUT2D eigenvalue weighted by Gasteiger charge is 2.58. The van der Waals surface area contributed by atoms with Gasteiger partial charge in [-0.25, -0.2) is 4.79 Å². The minimum Gasteiger partial charge on any atom is -0.478 e. The van der Waals surface area contributed by atoms with Gasteiger partial charge >= 0.3 is 5.97 Å². The zero-order chi connectivity index (χ0) is 12.2. The van der Waals surface area contributed by atoms with E-state index < -0.39 is 5.97 Å². The van der Waals surface area contributed by atoms with E-state index in [1.165, 1.54) is 32.1 Å². The highest BCUT2D eigenvalue weighted by Crippen LogP contribution is 2.66. The van der Waals surface area contributed by atoms with Gasteiger partial charge in [-0.15, -0.1) is 0 Å². The standard InChI is InChI=1S/C15H22O2/c1-9(14(16)17)7-15(2)8-10-6-13(15)12-5-3-4-11(10)12/h10-13H,1,3-8H2,2H3,(H,16,17). The van der Waals surface area contributed by atoms with E-state index in [1.807, 2.05) is 0 Å². The van der Waals surface area contributed by atoms with Gasteiger partial charge in [0.25, 0.3) is 0 Å². The Bertz CT molecular complexity index is 373. The van der Waals surface area contributed by atoms with E-state index in [-0.39, 0.29) is 5.41 Å². The first-order valence-corrected chi connectivity index (χ1v) is 6.92. The molecule has 3 aliphatic carbocycles. The number of carbonyl (C=O) groups is 1. The van der Waals surface area contributed by atoms with Crippen LogP contribution in [0, 0.1) is 29.1 Å². The molecule has 0 aliphatic heterocycles. The molecule has 17 heavy (non-hydrogen) atoms. The molecule has 2 bridgehead atoms. The third-order valence-electron chi connectivity index (χ3n) is 5.85. The Hall–Kier alpha value is -0.790. The number of carboxylic acid groups (broad SMARTS) is 1. The molecule has 5 atom stereocenters. The van der Waals surface area contributed by atoms with Crippen LogP contribution in [0.4, 0.5) is 0 Å². The van der Waals surface area contributed by atoms with Crippen LogP contribution in [-0.4, -0.2) is 11.1 Å². The molecule has 0 aromatic carbocycles. The lowest BCUT2D eigenvalue weighted by molar-refractivity contribution is -0.133. The molecule has 0 aromatic heterocycles. The van der Waals surface area contributed by atoms with Gasteiger partial charge < -0.3 is 5.11 Å². The molecule has 0 spiro atoms. The molecule has 0 saturated heterocycles. The first kappa shape index (κ1) is 11.3. The quantitative estimate of drug-likeness (QED) is 0.759. The summed E-state index contributed by atoms with van der Waals surface area (Å²) >= 11 is 0. The predicted octanol–water partition coefficient (Wildman–Crippen LogP) is 3.48. The van der Waals surface area contributed by atoms with Crippen LogP contribution in [0.5, 0.6) is 0 Å². The fourth-order valence-corrected chi connectivity index (χ4v) is 5.33. The molecule has 0 heterocycles. The van der Waals surface area contributed by atoms with Crippen molar-refractivity contribution < 1.29 is 9.90 Å². The van der Waals surface area contributed by atoms with Crippen molar-refractivity contribution in [2.75, 3.05) is 0 Å². The summed E-state index contributed by atoms with van der Waals surface area (Å²) in [6.45, 7) is 6.04. The van der Waals surface area contributed by atoms with Gasteiger partial charge in [-0.05, 0) is 61.2 Å². The van der Waals surface area contributed by atoms with E-state index in [1.54, 1.807) is 0 Å². The van der Waals surface area contributed by atoms with Gasteiger partial charge in [0.2, 0.25) is 0 Å². The third-order valence-corrected chi connectivity index (χ3v) is 5.85. The summed E-state index contributed by atoms with van der Waals surface area (Å²) in [5.41, 5.74) is 0.639. The highest BCUT2D eigenvalue weighted by atomic mass is 16.4. The molecule has 2 nitrogen and oxygen atoms in total. The van der Waals surface area contributed by atoms with Crippen LogP contribution < -0.4 is 0 Å². The van der Waals surface area contributed by atoms with Gasteiger partial charge in [-0.2, -0.15) is 0 Å². The van der Waals surface area contributed by atoms with Gasteiger partial charge in [-0.3, -0.25) is 0 Å². The van der Waals surface area contributed by atoms with Crippen molar-refractivity contribution in [3.63, 3.8) is 0 Å². The first-order chi connectivity index (χ1) is 8.01. The molecule has 5 unspecified atom stereocenters. The van der Waals surface area contributed by atoms with Crippen LogP contribution in [0.25, 0.3) is 0 Å². The molecule has 3 saturated carbocycles. The molecule has 1 N–H and O–H groups in total. The van der Waals surface area contributed by atoms with Crippen LogP contribution in [0.2, 0.25) is 0 Å². The van der Waals surface area contributed by atoms with Crippen molar-refractivity contribution in [1.29, 1.82) is 0 Å².